The fraction of sp³-hybridized carbons (Fsp3) is 0.444. The quantitative estimate of drug-likeness (QED) is 0.913. The van der Waals surface area contributed by atoms with Gasteiger partial charge in [-0.25, -0.2) is 9.78 Å². The smallest absolute Gasteiger partial charge is 0.341 e. The number of piperidine rings is 1. The second kappa shape index (κ2) is 7.05. The van der Waals surface area contributed by atoms with E-state index in [9.17, 15) is 4.79 Å². The summed E-state index contributed by atoms with van der Waals surface area (Å²) in [4.78, 5) is 17.7. The number of hydrogen-bond acceptors (Lipinski definition) is 4. The lowest BCUT2D eigenvalue weighted by Crippen LogP contribution is -2.37. The van der Waals surface area contributed by atoms with Crippen molar-refractivity contribution in [1.82, 2.24) is 14.5 Å². The fourth-order valence-corrected chi connectivity index (χ4v) is 3.46. The Bertz CT molecular complexity index is 713. The van der Waals surface area contributed by atoms with Gasteiger partial charge in [-0.15, -0.1) is 0 Å². The molecular weight excluding hydrogens is 306 g/mol. The summed E-state index contributed by atoms with van der Waals surface area (Å²) in [7, 11) is 2.15. The van der Waals surface area contributed by atoms with Crippen LogP contribution in [-0.4, -0.2) is 52.3 Å². The van der Waals surface area contributed by atoms with Crippen LogP contribution in [-0.2, 0) is 4.79 Å². The van der Waals surface area contributed by atoms with Crippen LogP contribution >= 0.6 is 0 Å². The van der Waals surface area contributed by atoms with E-state index in [0.717, 1.165) is 30.9 Å². The van der Waals surface area contributed by atoms with Gasteiger partial charge in [-0.05, 0) is 38.1 Å². The Balaban J connectivity index is 1.92. The molecule has 0 aliphatic carbocycles. The number of aliphatic carboxylic acids is 1. The zero-order valence-corrected chi connectivity index (χ0v) is 14.1. The second-order valence-electron chi connectivity index (χ2n) is 6.43. The Morgan fingerprint density at radius 3 is 2.96 bits per heavy atom. The molecule has 0 saturated carbocycles. The van der Waals surface area contributed by atoms with Gasteiger partial charge in [0.25, 0.3) is 0 Å². The van der Waals surface area contributed by atoms with Gasteiger partial charge >= 0.3 is 5.97 Å². The molecule has 6 nitrogen and oxygen atoms in total. The average Bonchev–Trinajstić information content (AvgIpc) is 3.02. The SMILES string of the molecule is C[C@H]1CN(C)CC[C@@H]1n1ccnc1-c1ccccc1OCC(=O)O. The molecule has 0 spiro atoms. The van der Waals surface area contributed by atoms with Gasteiger partial charge in [0.1, 0.15) is 11.6 Å². The summed E-state index contributed by atoms with van der Waals surface area (Å²) in [5.41, 5.74) is 0.829. The monoisotopic (exact) mass is 329 g/mol. The summed E-state index contributed by atoms with van der Waals surface area (Å²) < 4.78 is 7.66. The van der Waals surface area contributed by atoms with Gasteiger partial charge in [0, 0.05) is 25.0 Å². The van der Waals surface area contributed by atoms with Crippen LogP contribution in [0, 0.1) is 5.92 Å². The third-order valence-corrected chi connectivity index (χ3v) is 4.57. The Labute approximate surface area is 141 Å². The van der Waals surface area contributed by atoms with Crippen LogP contribution in [0.25, 0.3) is 11.4 Å². The van der Waals surface area contributed by atoms with Gasteiger partial charge in [0.05, 0.1) is 5.56 Å². The van der Waals surface area contributed by atoms with Gasteiger partial charge in [0.2, 0.25) is 0 Å². The van der Waals surface area contributed by atoms with E-state index in [0.29, 0.717) is 17.7 Å². The van der Waals surface area contributed by atoms with Crippen molar-refractivity contribution in [2.45, 2.75) is 19.4 Å². The minimum absolute atomic E-state index is 0.359. The van der Waals surface area contributed by atoms with Crippen molar-refractivity contribution in [1.29, 1.82) is 0 Å². The zero-order chi connectivity index (χ0) is 17.1. The van der Waals surface area contributed by atoms with Gasteiger partial charge in [0.15, 0.2) is 6.61 Å². The van der Waals surface area contributed by atoms with E-state index in [-0.39, 0.29) is 6.61 Å². The highest BCUT2D eigenvalue weighted by Crippen LogP contribution is 2.34. The number of ether oxygens (including phenoxy) is 1. The van der Waals surface area contributed by atoms with Crippen molar-refractivity contribution >= 4 is 5.97 Å². The van der Waals surface area contributed by atoms with Crippen LogP contribution in [0.4, 0.5) is 0 Å². The molecule has 128 valence electrons. The molecule has 2 aromatic rings. The number of carboxylic acid groups (broad SMARTS) is 1. The molecule has 2 heterocycles. The topological polar surface area (TPSA) is 67.6 Å². The van der Waals surface area contributed by atoms with Crippen molar-refractivity contribution in [2.75, 3.05) is 26.7 Å². The summed E-state index contributed by atoms with van der Waals surface area (Å²) in [5.74, 6) is 0.909. The maximum Gasteiger partial charge on any atom is 0.341 e. The predicted molar refractivity (Wildman–Crippen MR) is 91.1 cm³/mol. The highest BCUT2D eigenvalue weighted by molar-refractivity contribution is 5.70. The Morgan fingerprint density at radius 1 is 1.42 bits per heavy atom. The van der Waals surface area contributed by atoms with Gasteiger partial charge in [-0.3, -0.25) is 0 Å². The summed E-state index contributed by atoms with van der Waals surface area (Å²) in [6.07, 6.45) is 4.88. The van der Waals surface area contributed by atoms with Gasteiger partial charge in [-0.2, -0.15) is 0 Å². The second-order valence-corrected chi connectivity index (χ2v) is 6.43. The number of likely N-dealkylation sites (tertiary alicyclic amines) is 1. The van der Waals surface area contributed by atoms with Crippen molar-refractivity contribution in [2.24, 2.45) is 5.92 Å². The first-order valence-electron chi connectivity index (χ1n) is 8.21. The van der Waals surface area contributed by atoms with Crippen molar-refractivity contribution in [3.63, 3.8) is 0 Å². The summed E-state index contributed by atoms with van der Waals surface area (Å²) >= 11 is 0. The summed E-state index contributed by atoms with van der Waals surface area (Å²) in [6, 6.07) is 7.85. The molecule has 1 aromatic carbocycles. The van der Waals surface area contributed by atoms with E-state index in [1.165, 1.54) is 0 Å². The molecule has 0 unspecified atom stereocenters. The average molecular weight is 329 g/mol. The highest BCUT2D eigenvalue weighted by Gasteiger charge is 2.27. The maximum absolute atomic E-state index is 10.8. The minimum Gasteiger partial charge on any atom is -0.481 e. The summed E-state index contributed by atoms with van der Waals surface area (Å²) in [6.45, 7) is 4.02. The van der Waals surface area contributed by atoms with E-state index < -0.39 is 5.97 Å². The van der Waals surface area contributed by atoms with Crippen LogP contribution in [0.15, 0.2) is 36.7 Å². The third kappa shape index (κ3) is 3.43. The highest BCUT2D eigenvalue weighted by atomic mass is 16.5. The Kier molecular flexibility index (Phi) is 4.85. The molecule has 3 rings (SSSR count). The molecule has 1 fully saturated rings. The van der Waals surface area contributed by atoms with Gasteiger partial charge < -0.3 is 19.3 Å². The number of benzene rings is 1. The first-order chi connectivity index (χ1) is 11.6. The number of imidazole rings is 1. The molecule has 0 radical (unpaired) electrons. The van der Waals surface area contributed by atoms with Crippen LogP contribution in [0.5, 0.6) is 5.75 Å². The van der Waals surface area contributed by atoms with Crippen LogP contribution in [0.3, 0.4) is 0 Å². The number of para-hydroxylation sites is 1. The lowest BCUT2D eigenvalue weighted by Gasteiger charge is -2.36. The lowest BCUT2D eigenvalue weighted by atomic mass is 9.93. The number of aromatic nitrogens is 2. The molecule has 1 aliphatic rings. The number of hydrogen-bond donors (Lipinski definition) is 1. The molecule has 24 heavy (non-hydrogen) atoms. The normalized spacial score (nSPS) is 21.6. The summed E-state index contributed by atoms with van der Waals surface area (Å²) in [5, 5.41) is 8.86. The number of rotatable bonds is 5. The molecule has 2 atom stereocenters. The first kappa shape index (κ1) is 16.5. The molecule has 0 amide bonds. The third-order valence-electron chi connectivity index (χ3n) is 4.57. The number of carbonyl (C=O) groups is 1. The Morgan fingerprint density at radius 2 is 2.21 bits per heavy atom. The lowest BCUT2D eigenvalue weighted by molar-refractivity contribution is -0.139. The number of nitrogens with zero attached hydrogens (tertiary/aromatic N) is 3. The maximum atomic E-state index is 10.8. The molecule has 1 saturated heterocycles. The molecule has 0 bridgehead atoms. The fourth-order valence-electron chi connectivity index (χ4n) is 3.46. The largest absolute Gasteiger partial charge is 0.481 e. The van der Waals surface area contributed by atoms with Crippen LogP contribution < -0.4 is 4.74 Å². The standard InChI is InChI=1S/C18H23N3O3/c1-13-11-20(2)9-7-15(13)21-10-8-19-18(21)14-5-3-4-6-16(14)24-12-17(22)23/h3-6,8,10,13,15H,7,9,11-12H2,1-2H3,(H,22,23)/t13-,15-/m0/s1. The van der Waals surface area contributed by atoms with Crippen molar-refractivity contribution < 1.29 is 14.6 Å². The zero-order valence-electron chi connectivity index (χ0n) is 14.1. The van der Waals surface area contributed by atoms with Crippen molar-refractivity contribution in [3.8, 4) is 17.1 Å². The van der Waals surface area contributed by atoms with E-state index in [2.05, 4.69) is 28.4 Å². The minimum atomic E-state index is -0.989. The Hall–Kier alpha value is -2.34. The molecule has 6 heteroatoms. The van der Waals surface area contributed by atoms with E-state index in [1.54, 1.807) is 12.3 Å². The van der Waals surface area contributed by atoms with Crippen molar-refractivity contribution in [3.05, 3.63) is 36.7 Å². The van der Waals surface area contributed by atoms with E-state index >= 15 is 0 Å². The molecule has 1 aromatic heterocycles. The molecule has 1 aliphatic heterocycles. The first-order valence-corrected chi connectivity index (χ1v) is 8.21. The molecule has 1 N–H and O–H groups in total. The van der Waals surface area contributed by atoms with Crippen LogP contribution in [0.1, 0.15) is 19.4 Å². The van der Waals surface area contributed by atoms with Gasteiger partial charge in [-0.1, -0.05) is 19.1 Å². The molecular formula is C18H23N3O3. The van der Waals surface area contributed by atoms with E-state index in [4.69, 9.17) is 9.84 Å². The van der Waals surface area contributed by atoms with Crippen LogP contribution in [0.2, 0.25) is 0 Å². The predicted octanol–water partition coefficient (Wildman–Crippen LogP) is 2.53. The number of carboxylic acids is 1. The van der Waals surface area contributed by atoms with E-state index in [1.807, 2.05) is 24.4 Å².